The van der Waals surface area contributed by atoms with Crippen molar-refractivity contribution in [3.05, 3.63) is 35.4 Å². The van der Waals surface area contributed by atoms with Crippen molar-refractivity contribution in [2.75, 3.05) is 0 Å². The van der Waals surface area contributed by atoms with Gasteiger partial charge in [-0.2, -0.15) is 0 Å². The van der Waals surface area contributed by atoms with E-state index >= 15 is 0 Å². The van der Waals surface area contributed by atoms with Crippen molar-refractivity contribution in [3.8, 4) is 0 Å². The van der Waals surface area contributed by atoms with Crippen molar-refractivity contribution in [2.24, 2.45) is 0 Å². The van der Waals surface area contributed by atoms with Gasteiger partial charge in [-0.15, -0.1) is 0 Å². The first-order valence-electron chi connectivity index (χ1n) is 2.83. The van der Waals surface area contributed by atoms with Crippen molar-refractivity contribution in [3.63, 3.8) is 0 Å². The van der Waals surface area contributed by atoms with E-state index in [1.807, 2.05) is 0 Å². The monoisotopic (exact) mass is 130 g/mol. The summed E-state index contributed by atoms with van der Waals surface area (Å²) in [5.74, 6) is 0. The van der Waals surface area contributed by atoms with Crippen LogP contribution in [-0.2, 0) is 0 Å². The van der Waals surface area contributed by atoms with E-state index in [1.54, 1.807) is 0 Å². The summed E-state index contributed by atoms with van der Waals surface area (Å²) >= 11 is 0. The van der Waals surface area contributed by atoms with E-state index in [4.69, 9.17) is 0 Å². The van der Waals surface area contributed by atoms with Crippen LogP contribution in [0.3, 0.4) is 0 Å². The zero-order valence-electron chi connectivity index (χ0n) is 5.31. The fraction of sp³-hybridized carbons (Fsp3) is 0.250. The van der Waals surface area contributed by atoms with Gasteiger partial charge in [-0.1, -0.05) is 24.3 Å². The van der Waals surface area contributed by atoms with Gasteiger partial charge in [-0.25, -0.2) is 0 Å². The van der Waals surface area contributed by atoms with Gasteiger partial charge >= 0.3 is 29.6 Å². The molecule has 1 aromatic rings. The predicted molar refractivity (Wildman–Crippen MR) is 43.1 cm³/mol. The summed E-state index contributed by atoms with van der Waals surface area (Å²) in [5, 5.41) is 0. The van der Waals surface area contributed by atoms with Crippen LogP contribution in [0.1, 0.15) is 11.1 Å². The molecule has 0 saturated carbocycles. The van der Waals surface area contributed by atoms with E-state index in [0.717, 1.165) is 0 Å². The first-order chi connectivity index (χ1) is 3.80. The van der Waals surface area contributed by atoms with Gasteiger partial charge in [0.15, 0.2) is 0 Å². The number of hydrogen-bond acceptors (Lipinski definition) is 0. The molecule has 0 aliphatic heterocycles. The van der Waals surface area contributed by atoms with Crippen molar-refractivity contribution < 1.29 is 0 Å². The van der Waals surface area contributed by atoms with Gasteiger partial charge in [0, 0.05) is 0 Å². The molecule has 0 unspecified atom stereocenters. The van der Waals surface area contributed by atoms with Crippen molar-refractivity contribution in [1.82, 2.24) is 0 Å². The minimum atomic E-state index is 0. The quantitative estimate of drug-likeness (QED) is 0.468. The molecule has 9 heavy (non-hydrogen) atoms. The average Bonchev–Trinajstić information content (AvgIpc) is 1.77. The Bertz CT molecular complexity index is 161. The van der Waals surface area contributed by atoms with Crippen LogP contribution in [0.15, 0.2) is 24.3 Å². The molecule has 1 rings (SSSR count). The molecular formula is C8H11Na. The summed E-state index contributed by atoms with van der Waals surface area (Å²) in [5.41, 5.74) is 2.74. The van der Waals surface area contributed by atoms with E-state index in [-0.39, 0.29) is 29.6 Å². The van der Waals surface area contributed by atoms with Gasteiger partial charge in [0.05, 0.1) is 0 Å². The zero-order chi connectivity index (χ0) is 5.98. The summed E-state index contributed by atoms with van der Waals surface area (Å²) in [6.07, 6.45) is 0. The molecule has 0 spiro atoms. The van der Waals surface area contributed by atoms with Gasteiger partial charge in [0.1, 0.15) is 0 Å². The molecule has 0 nitrogen and oxygen atoms in total. The third-order valence-electron chi connectivity index (χ3n) is 1.43. The molecular weight excluding hydrogens is 119 g/mol. The number of benzene rings is 1. The zero-order valence-corrected chi connectivity index (χ0v) is 5.31. The molecule has 0 aromatic heterocycles. The van der Waals surface area contributed by atoms with Gasteiger partial charge in [-0.3, -0.25) is 0 Å². The Balaban J connectivity index is 0.000000640. The molecule has 0 aliphatic carbocycles. The predicted octanol–water partition coefficient (Wildman–Crippen LogP) is 1.65. The van der Waals surface area contributed by atoms with Crippen molar-refractivity contribution >= 4 is 29.6 Å². The summed E-state index contributed by atoms with van der Waals surface area (Å²) in [6.45, 7) is 4.24. The average molecular weight is 130 g/mol. The second-order valence-electron chi connectivity index (χ2n) is 2.08. The molecule has 44 valence electrons. The molecule has 0 N–H and O–H groups in total. The van der Waals surface area contributed by atoms with Gasteiger partial charge in [0.25, 0.3) is 0 Å². The summed E-state index contributed by atoms with van der Waals surface area (Å²) in [7, 11) is 0. The Morgan fingerprint density at radius 1 is 0.889 bits per heavy atom. The van der Waals surface area contributed by atoms with Crippen LogP contribution in [0.2, 0.25) is 0 Å². The van der Waals surface area contributed by atoms with Gasteiger partial charge < -0.3 is 0 Å². The van der Waals surface area contributed by atoms with Crippen LogP contribution < -0.4 is 0 Å². The third-order valence-corrected chi connectivity index (χ3v) is 1.43. The first kappa shape index (κ1) is 9.22. The van der Waals surface area contributed by atoms with Gasteiger partial charge in [0.2, 0.25) is 0 Å². The Morgan fingerprint density at radius 3 is 1.44 bits per heavy atom. The second-order valence-corrected chi connectivity index (χ2v) is 2.08. The van der Waals surface area contributed by atoms with Crippen LogP contribution in [0.4, 0.5) is 0 Å². The van der Waals surface area contributed by atoms with Crippen molar-refractivity contribution in [2.45, 2.75) is 13.8 Å². The second kappa shape index (κ2) is 4.10. The summed E-state index contributed by atoms with van der Waals surface area (Å²) in [6, 6.07) is 8.36. The van der Waals surface area contributed by atoms with E-state index in [1.165, 1.54) is 11.1 Å². The van der Waals surface area contributed by atoms with Gasteiger partial charge in [-0.05, 0) is 25.0 Å². The van der Waals surface area contributed by atoms with E-state index in [0.29, 0.717) is 0 Å². The van der Waals surface area contributed by atoms with E-state index in [2.05, 4.69) is 38.1 Å². The molecule has 0 saturated heterocycles. The molecule has 0 fully saturated rings. The minimum absolute atomic E-state index is 0. The Morgan fingerprint density at radius 2 is 1.22 bits per heavy atom. The van der Waals surface area contributed by atoms with E-state index < -0.39 is 0 Å². The fourth-order valence-electron chi connectivity index (χ4n) is 0.663. The van der Waals surface area contributed by atoms with Crippen molar-refractivity contribution in [1.29, 1.82) is 0 Å². The normalized spacial score (nSPS) is 8.22. The Hall–Kier alpha value is 0.220. The van der Waals surface area contributed by atoms with E-state index in [9.17, 15) is 0 Å². The topological polar surface area (TPSA) is 0 Å². The van der Waals surface area contributed by atoms with Crippen LogP contribution in [0.25, 0.3) is 0 Å². The number of rotatable bonds is 0. The molecule has 1 heteroatoms. The molecule has 0 radical (unpaired) electrons. The Labute approximate surface area is 78.6 Å². The van der Waals surface area contributed by atoms with Crippen LogP contribution in [-0.4, -0.2) is 29.6 Å². The Kier molecular flexibility index (Phi) is 4.20. The molecule has 0 atom stereocenters. The number of aryl methyl sites for hydroxylation is 2. The maximum atomic E-state index is 2.12. The summed E-state index contributed by atoms with van der Waals surface area (Å²) in [4.78, 5) is 0. The molecule has 0 aliphatic rings. The number of hydrogen-bond donors (Lipinski definition) is 0. The SMILES string of the molecule is Cc1ccccc1C.[NaH]. The molecule has 0 bridgehead atoms. The van der Waals surface area contributed by atoms with Crippen LogP contribution in [0, 0.1) is 13.8 Å². The first-order valence-corrected chi connectivity index (χ1v) is 2.83. The fourth-order valence-corrected chi connectivity index (χ4v) is 0.663. The molecule has 0 amide bonds. The van der Waals surface area contributed by atoms with Crippen LogP contribution >= 0.6 is 0 Å². The maximum absolute atomic E-state index is 2.12. The van der Waals surface area contributed by atoms with Crippen LogP contribution in [0.5, 0.6) is 0 Å². The summed E-state index contributed by atoms with van der Waals surface area (Å²) < 4.78 is 0. The standard InChI is InChI=1S/C8H10.Na.H/c1-7-5-3-4-6-8(7)2;;/h3-6H,1-2H3;;. The third kappa shape index (κ3) is 2.53. The molecule has 0 heterocycles. The molecule has 1 aromatic carbocycles.